The Labute approximate surface area is 367 Å². The summed E-state index contributed by atoms with van der Waals surface area (Å²) in [5.74, 6) is 5.19. The van der Waals surface area contributed by atoms with Gasteiger partial charge in [-0.1, -0.05) is 48.5 Å². The average Bonchev–Trinajstić information content (AvgIpc) is 4.04. The Kier molecular flexibility index (Phi) is 11.7. The van der Waals surface area contributed by atoms with E-state index in [9.17, 15) is 0 Å². The average molecular weight is 869 g/mol. The molecule has 0 spiro atoms. The highest BCUT2D eigenvalue weighted by atomic mass is 16.6. The maximum Gasteiger partial charge on any atom is 0.208 e. The Morgan fingerprint density at radius 3 is 0.938 bits per heavy atom. The standard InChI is InChI=1S/C48H52N8O8/c1-9-57-33-29-31(35(59-11-3)39(63-15-7)37(33)61-13-5)47-54-45(29)52-43-27-23-19-17-21-25(27)41(50-43)49-42-26-22-18-20-24-28(26)44(51-42)53-46-30-32(48(55-46)56-47)36(60-12-4)40(64-16-8)38(62-14-6)34(30)58-10-2/h17-24H,9-16H2,1-8H3,(H4,49,50,51,52,53,54,55,56). The van der Waals surface area contributed by atoms with Crippen molar-refractivity contribution in [2.24, 2.45) is 20.0 Å². The number of nitrogens with zero attached hydrogens (tertiary/aromatic N) is 4. The van der Waals surface area contributed by atoms with Crippen molar-refractivity contribution in [1.29, 1.82) is 0 Å². The van der Waals surface area contributed by atoms with Crippen LogP contribution in [0.4, 0.5) is 23.3 Å². The Balaban J connectivity index is 1.58. The van der Waals surface area contributed by atoms with Crippen LogP contribution in [0.25, 0.3) is 43.1 Å². The smallest absolute Gasteiger partial charge is 0.208 e. The van der Waals surface area contributed by atoms with Crippen LogP contribution in [0.3, 0.4) is 0 Å². The molecular weight excluding hydrogens is 817 g/mol. The Morgan fingerprint density at radius 2 is 0.562 bits per heavy atom. The van der Waals surface area contributed by atoms with Crippen molar-refractivity contribution >= 4 is 66.4 Å². The molecule has 64 heavy (non-hydrogen) atoms. The third-order valence-electron chi connectivity index (χ3n) is 10.6. The van der Waals surface area contributed by atoms with E-state index >= 15 is 0 Å². The zero-order valence-electron chi connectivity index (χ0n) is 37.3. The maximum atomic E-state index is 6.54. The molecule has 4 N–H and O–H groups in total. The SMILES string of the molecule is CCOc1c(OCC)c(OCC)c2c3[nH]c(c2c1OCC)N=c1[nH]c(c2ccccc12)=Nc1[nH]c(c2ccccc12)N=c1[nH]c(c2c(OCC)c(OCC)c(OCC)c(OCC)c12)=N3. The fraction of sp³-hybridized carbons (Fsp3) is 0.333. The number of ether oxygens (including phenoxy) is 8. The number of benzene rings is 4. The van der Waals surface area contributed by atoms with Gasteiger partial charge in [0.25, 0.3) is 0 Å². The number of rotatable bonds is 16. The van der Waals surface area contributed by atoms with Crippen LogP contribution in [0.15, 0.2) is 68.5 Å². The summed E-state index contributed by atoms with van der Waals surface area (Å²) in [6, 6.07) is 16.0. The third-order valence-corrected chi connectivity index (χ3v) is 10.6. The molecule has 0 aliphatic carbocycles. The number of aromatic nitrogens is 4. The molecule has 0 amide bonds. The van der Waals surface area contributed by atoms with Gasteiger partial charge < -0.3 is 57.8 Å². The van der Waals surface area contributed by atoms with Crippen LogP contribution in [-0.2, 0) is 0 Å². The van der Waals surface area contributed by atoms with E-state index in [1.165, 1.54) is 0 Å². The molecule has 1 aliphatic rings. The van der Waals surface area contributed by atoms with Crippen molar-refractivity contribution in [2.45, 2.75) is 55.4 Å². The first kappa shape index (κ1) is 42.0. The first-order valence-electron chi connectivity index (χ1n) is 22.0. The molecule has 5 heterocycles. The lowest BCUT2D eigenvalue weighted by Gasteiger charge is -2.20. The van der Waals surface area contributed by atoms with Crippen LogP contribution in [-0.4, -0.2) is 72.8 Å². The Bertz CT molecular complexity index is 3310. The van der Waals surface area contributed by atoms with Crippen molar-refractivity contribution in [3.63, 3.8) is 0 Å². The van der Waals surface area contributed by atoms with Crippen molar-refractivity contribution in [3.8, 4) is 46.0 Å². The number of hydrogen-bond acceptors (Lipinski definition) is 12. The van der Waals surface area contributed by atoms with Gasteiger partial charge in [0.05, 0.1) is 74.4 Å². The second-order valence-electron chi connectivity index (χ2n) is 14.4. The molecule has 0 saturated carbocycles. The summed E-state index contributed by atoms with van der Waals surface area (Å²) < 4.78 is 51.6. The van der Waals surface area contributed by atoms with E-state index in [1.54, 1.807) is 0 Å². The van der Waals surface area contributed by atoms with Crippen LogP contribution < -0.4 is 59.8 Å². The number of fused-ring (bicyclic) bond motifs is 20. The predicted octanol–water partition coefficient (Wildman–Crippen LogP) is 8.92. The van der Waals surface area contributed by atoms with E-state index < -0.39 is 0 Å². The van der Waals surface area contributed by atoms with Gasteiger partial charge in [-0.05, 0) is 55.4 Å². The first-order valence-corrected chi connectivity index (χ1v) is 22.0. The second kappa shape index (κ2) is 17.8. The highest BCUT2D eigenvalue weighted by Gasteiger charge is 2.32. The summed E-state index contributed by atoms with van der Waals surface area (Å²) in [5.41, 5.74) is 1.97. The van der Waals surface area contributed by atoms with Crippen molar-refractivity contribution < 1.29 is 37.9 Å². The topological polar surface area (TPSA) is 186 Å². The third kappa shape index (κ3) is 6.93. The van der Waals surface area contributed by atoms with E-state index in [1.807, 2.05) is 104 Å². The molecule has 16 nitrogen and oxygen atoms in total. The van der Waals surface area contributed by atoms with Gasteiger partial charge in [-0.15, -0.1) is 0 Å². The normalized spacial score (nSPS) is 12.1. The number of aromatic amines is 4. The van der Waals surface area contributed by atoms with Crippen LogP contribution in [0.2, 0.25) is 0 Å². The van der Waals surface area contributed by atoms with Crippen molar-refractivity contribution in [1.82, 2.24) is 19.9 Å². The van der Waals surface area contributed by atoms with Crippen LogP contribution in [0, 0.1) is 0 Å². The van der Waals surface area contributed by atoms with Crippen LogP contribution in [0.5, 0.6) is 46.0 Å². The number of hydrogen-bond donors (Lipinski definition) is 4. The summed E-state index contributed by atoms with van der Waals surface area (Å²) in [4.78, 5) is 35.6. The fourth-order valence-corrected chi connectivity index (χ4v) is 8.35. The first-order chi connectivity index (χ1) is 31.4. The van der Waals surface area contributed by atoms with Gasteiger partial charge in [-0.2, -0.15) is 0 Å². The lowest BCUT2D eigenvalue weighted by atomic mass is 10.1. The second-order valence-corrected chi connectivity index (χ2v) is 14.4. The molecule has 0 atom stereocenters. The Morgan fingerprint density at radius 1 is 0.297 bits per heavy atom. The minimum Gasteiger partial charge on any atom is -0.489 e. The molecule has 1 aliphatic heterocycles. The summed E-state index contributed by atoms with van der Waals surface area (Å²) in [6.07, 6.45) is 0. The predicted molar refractivity (Wildman–Crippen MR) is 246 cm³/mol. The molecule has 4 aromatic carbocycles. The quantitative estimate of drug-likeness (QED) is 0.0741. The highest BCUT2D eigenvalue weighted by molar-refractivity contribution is 6.11. The maximum absolute atomic E-state index is 6.54. The van der Waals surface area contributed by atoms with Crippen molar-refractivity contribution in [2.75, 3.05) is 52.9 Å². The van der Waals surface area contributed by atoms with E-state index in [4.69, 9.17) is 57.9 Å². The highest BCUT2D eigenvalue weighted by Crippen LogP contribution is 2.57. The molecule has 8 aromatic rings. The number of nitrogens with one attached hydrogen (secondary N) is 4. The molecule has 16 heteroatoms. The molecule has 0 fully saturated rings. The molecule has 4 aromatic heterocycles. The molecular formula is C48H52N8O8. The van der Waals surface area contributed by atoms with Gasteiger partial charge in [0.1, 0.15) is 45.2 Å². The van der Waals surface area contributed by atoms with Gasteiger partial charge in [-0.3, -0.25) is 0 Å². The summed E-state index contributed by atoms with van der Waals surface area (Å²) in [5, 5.41) is 5.71. The van der Waals surface area contributed by atoms with Gasteiger partial charge in [0, 0.05) is 21.5 Å². The minimum atomic E-state index is 0.308. The van der Waals surface area contributed by atoms with Gasteiger partial charge in [-0.25, -0.2) is 20.0 Å². The zero-order valence-corrected chi connectivity index (χ0v) is 37.3. The Hall–Kier alpha value is -7.36. The largest absolute Gasteiger partial charge is 0.489 e. The number of H-pyrrole nitrogens is 4. The van der Waals surface area contributed by atoms with Gasteiger partial charge >= 0.3 is 0 Å². The van der Waals surface area contributed by atoms with Crippen LogP contribution >= 0.6 is 0 Å². The fourth-order valence-electron chi connectivity index (χ4n) is 8.35. The van der Waals surface area contributed by atoms with E-state index in [2.05, 4.69) is 19.9 Å². The summed E-state index contributed by atoms with van der Waals surface area (Å²) >= 11 is 0. The van der Waals surface area contributed by atoms with E-state index in [-0.39, 0.29) is 0 Å². The monoisotopic (exact) mass is 868 g/mol. The molecule has 0 saturated heterocycles. The molecule has 9 rings (SSSR count). The van der Waals surface area contributed by atoms with E-state index in [0.717, 1.165) is 21.5 Å². The summed E-state index contributed by atoms with van der Waals surface area (Å²) in [7, 11) is 0. The molecule has 332 valence electrons. The van der Waals surface area contributed by atoms with Gasteiger partial charge in [0.15, 0.2) is 23.0 Å². The molecule has 0 unspecified atom stereocenters. The van der Waals surface area contributed by atoms with Gasteiger partial charge in [0.2, 0.25) is 23.0 Å². The summed E-state index contributed by atoms with van der Waals surface area (Å²) in [6.45, 7) is 17.9. The van der Waals surface area contributed by atoms with Crippen LogP contribution in [0.1, 0.15) is 55.4 Å². The molecule has 8 bridgehead atoms. The zero-order chi connectivity index (χ0) is 44.5. The minimum absolute atomic E-state index is 0.308. The lowest BCUT2D eigenvalue weighted by molar-refractivity contribution is 0.247. The lowest BCUT2D eigenvalue weighted by Crippen LogP contribution is -2.11. The molecule has 0 radical (unpaired) electrons. The van der Waals surface area contributed by atoms with E-state index in [0.29, 0.717) is 166 Å². The van der Waals surface area contributed by atoms with Crippen molar-refractivity contribution in [3.05, 3.63) is 70.5 Å².